The summed E-state index contributed by atoms with van der Waals surface area (Å²) in [4.78, 5) is 9.29. The van der Waals surface area contributed by atoms with Crippen molar-refractivity contribution < 1.29 is 4.42 Å². The molecule has 3 rings (SSSR count). The van der Waals surface area contributed by atoms with Crippen LogP contribution < -0.4 is 5.32 Å². The van der Waals surface area contributed by atoms with E-state index in [0.717, 1.165) is 41.1 Å². The van der Waals surface area contributed by atoms with Crippen LogP contribution in [0.2, 0.25) is 0 Å². The highest BCUT2D eigenvalue weighted by atomic mass is 32.2. The van der Waals surface area contributed by atoms with E-state index in [-0.39, 0.29) is 0 Å². The number of nitrogens with zero attached hydrogens (tertiary/aromatic N) is 2. The molecule has 106 valence electrons. The number of anilines is 1. The summed E-state index contributed by atoms with van der Waals surface area (Å²) in [5.74, 6) is 4.30. The zero-order valence-corrected chi connectivity index (χ0v) is 12.4. The Morgan fingerprint density at radius 1 is 1.40 bits per heavy atom. The van der Waals surface area contributed by atoms with Crippen LogP contribution in [0.3, 0.4) is 0 Å². The van der Waals surface area contributed by atoms with Crippen molar-refractivity contribution >= 4 is 17.6 Å². The first-order valence-corrected chi connectivity index (χ1v) is 8.11. The van der Waals surface area contributed by atoms with Gasteiger partial charge >= 0.3 is 0 Å². The van der Waals surface area contributed by atoms with Crippen LogP contribution in [0.1, 0.15) is 43.7 Å². The molecule has 2 aromatic heterocycles. The molecular formula is C15H19N3OS. The fourth-order valence-corrected chi connectivity index (χ4v) is 2.73. The van der Waals surface area contributed by atoms with Crippen molar-refractivity contribution in [3.63, 3.8) is 0 Å². The average Bonchev–Trinajstić information content (AvgIpc) is 3.20. The first-order chi connectivity index (χ1) is 9.85. The van der Waals surface area contributed by atoms with Crippen LogP contribution in [-0.2, 0) is 5.75 Å². The van der Waals surface area contributed by atoms with Gasteiger partial charge in [0.2, 0.25) is 0 Å². The minimum Gasteiger partial charge on any atom is -0.468 e. The standard InChI is InChI=1S/C15H19N3OS/c1-2-7-16-13-9-14(18-15(17-13)11-5-6-11)20-10-12-4-3-8-19-12/h3-4,8-9,11H,2,5-7,10H2,1H3,(H,16,17,18). The predicted octanol–water partition coefficient (Wildman–Crippen LogP) is 4.06. The molecule has 0 radical (unpaired) electrons. The minimum absolute atomic E-state index is 0.571. The van der Waals surface area contributed by atoms with Crippen molar-refractivity contribution in [2.24, 2.45) is 0 Å². The van der Waals surface area contributed by atoms with Gasteiger partial charge in [0, 0.05) is 18.5 Å². The van der Waals surface area contributed by atoms with Crippen LogP contribution in [0.5, 0.6) is 0 Å². The molecule has 4 nitrogen and oxygen atoms in total. The lowest BCUT2D eigenvalue weighted by atomic mass is 10.4. The summed E-state index contributed by atoms with van der Waals surface area (Å²) in [5.41, 5.74) is 0. The van der Waals surface area contributed by atoms with Gasteiger partial charge in [-0.15, -0.1) is 0 Å². The van der Waals surface area contributed by atoms with Crippen LogP contribution in [0.4, 0.5) is 5.82 Å². The number of hydrogen-bond acceptors (Lipinski definition) is 5. The Balaban J connectivity index is 1.72. The SMILES string of the molecule is CCCNc1cc(SCc2ccco2)nc(C2CC2)n1. The Morgan fingerprint density at radius 2 is 2.30 bits per heavy atom. The number of furan rings is 1. The van der Waals surface area contributed by atoms with Gasteiger partial charge in [0.25, 0.3) is 0 Å². The van der Waals surface area contributed by atoms with Gasteiger partial charge in [0.15, 0.2) is 0 Å². The van der Waals surface area contributed by atoms with Crippen LogP contribution in [0, 0.1) is 0 Å². The Hall–Kier alpha value is -1.49. The summed E-state index contributed by atoms with van der Waals surface area (Å²) in [6, 6.07) is 5.95. The van der Waals surface area contributed by atoms with E-state index < -0.39 is 0 Å². The van der Waals surface area contributed by atoms with E-state index in [1.165, 1.54) is 12.8 Å². The molecule has 0 unspecified atom stereocenters. The molecule has 2 heterocycles. The lowest BCUT2D eigenvalue weighted by molar-refractivity contribution is 0.530. The molecular weight excluding hydrogens is 270 g/mol. The number of hydrogen-bond donors (Lipinski definition) is 1. The summed E-state index contributed by atoms with van der Waals surface area (Å²) in [5, 5.41) is 4.39. The molecule has 1 saturated carbocycles. The lowest BCUT2D eigenvalue weighted by Gasteiger charge is -2.08. The fraction of sp³-hybridized carbons (Fsp3) is 0.467. The summed E-state index contributed by atoms with van der Waals surface area (Å²) < 4.78 is 5.36. The minimum atomic E-state index is 0.571. The van der Waals surface area contributed by atoms with E-state index in [1.54, 1.807) is 18.0 Å². The average molecular weight is 289 g/mol. The molecule has 1 N–H and O–H groups in total. The molecule has 1 aliphatic rings. The first kappa shape index (κ1) is 13.5. The molecule has 5 heteroatoms. The zero-order valence-electron chi connectivity index (χ0n) is 11.6. The van der Waals surface area contributed by atoms with Crippen molar-refractivity contribution in [2.45, 2.75) is 42.9 Å². The number of nitrogens with one attached hydrogen (secondary N) is 1. The highest BCUT2D eigenvalue weighted by molar-refractivity contribution is 7.98. The molecule has 0 bridgehead atoms. The Morgan fingerprint density at radius 3 is 3.00 bits per heavy atom. The van der Waals surface area contributed by atoms with E-state index in [4.69, 9.17) is 4.42 Å². The third-order valence-corrected chi connectivity index (χ3v) is 4.09. The van der Waals surface area contributed by atoms with Crippen molar-refractivity contribution in [1.82, 2.24) is 9.97 Å². The molecule has 0 amide bonds. The summed E-state index contributed by atoms with van der Waals surface area (Å²) in [7, 11) is 0. The van der Waals surface area contributed by atoms with E-state index in [1.807, 2.05) is 18.2 Å². The van der Waals surface area contributed by atoms with Gasteiger partial charge in [0.05, 0.1) is 12.0 Å². The molecule has 0 saturated heterocycles. The quantitative estimate of drug-likeness (QED) is 0.615. The van der Waals surface area contributed by atoms with Crippen molar-refractivity contribution in [2.75, 3.05) is 11.9 Å². The number of thioether (sulfide) groups is 1. The third-order valence-electron chi connectivity index (χ3n) is 3.16. The van der Waals surface area contributed by atoms with Crippen LogP contribution in [-0.4, -0.2) is 16.5 Å². The highest BCUT2D eigenvalue weighted by Gasteiger charge is 2.27. The van der Waals surface area contributed by atoms with Crippen LogP contribution >= 0.6 is 11.8 Å². The van der Waals surface area contributed by atoms with E-state index in [2.05, 4.69) is 22.2 Å². The molecule has 0 atom stereocenters. The van der Waals surface area contributed by atoms with E-state index in [9.17, 15) is 0 Å². The second-order valence-corrected chi connectivity index (χ2v) is 6.01. The van der Waals surface area contributed by atoms with Gasteiger partial charge in [-0.25, -0.2) is 9.97 Å². The summed E-state index contributed by atoms with van der Waals surface area (Å²) in [6.45, 7) is 3.10. The van der Waals surface area contributed by atoms with Crippen molar-refractivity contribution in [3.05, 3.63) is 36.0 Å². The summed E-state index contributed by atoms with van der Waals surface area (Å²) in [6.07, 6.45) is 5.25. The Labute approximate surface area is 123 Å². The maximum absolute atomic E-state index is 5.36. The number of rotatable bonds is 7. The predicted molar refractivity (Wildman–Crippen MR) is 81.1 cm³/mol. The fourth-order valence-electron chi connectivity index (χ4n) is 1.92. The normalized spacial score (nSPS) is 14.4. The zero-order chi connectivity index (χ0) is 13.8. The van der Waals surface area contributed by atoms with Gasteiger partial charge < -0.3 is 9.73 Å². The van der Waals surface area contributed by atoms with Gasteiger partial charge in [-0.2, -0.15) is 0 Å². The largest absolute Gasteiger partial charge is 0.468 e. The van der Waals surface area contributed by atoms with E-state index >= 15 is 0 Å². The van der Waals surface area contributed by atoms with Gasteiger partial charge in [-0.05, 0) is 31.4 Å². The first-order valence-electron chi connectivity index (χ1n) is 7.13. The second kappa shape index (κ2) is 6.31. The molecule has 1 fully saturated rings. The molecule has 0 spiro atoms. The summed E-state index contributed by atoms with van der Waals surface area (Å²) >= 11 is 1.70. The highest BCUT2D eigenvalue weighted by Crippen LogP contribution is 2.39. The lowest BCUT2D eigenvalue weighted by Crippen LogP contribution is -2.05. The molecule has 2 aromatic rings. The van der Waals surface area contributed by atoms with Crippen molar-refractivity contribution in [1.29, 1.82) is 0 Å². The molecule has 0 aromatic carbocycles. The smallest absolute Gasteiger partial charge is 0.135 e. The van der Waals surface area contributed by atoms with Gasteiger partial charge in [-0.3, -0.25) is 0 Å². The Bertz CT molecular complexity index is 552. The monoisotopic (exact) mass is 289 g/mol. The van der Waals surface area contributed by atoms with E-state index in [0.29, 0.717) is 5.92 Å². The Kier molecular flexibility index (Phi) is 4.25. The van der Waals surface area contributed by atoms with Crippen molar-refractivity contribution in [3.8, 4) is 0 Å². The maximum atomic E-state index is 5.36. The van der Waals surface area contributed by atoms with Crippen LogP contribution in [0.15, 0.2) is 33.9 Å². The van der Waals surface area contributed by atoms with Gasteiger partial charge in [0.1, 0.15) is 22.4 Å². The maximum Gasteiger partial charge on any atom is 0.135 e. The molecule has 20 heavy (non-hydrogen) atoms. The van der Waals surface area contributed by atoms with Crippen LogP contribution in [0.25, 0.3) is 0 Å². The topological polar surface area (TPSA) is 51.0 Å². The third kappa shape index (κ3) is 3.54. The second-order valence-electron chi connectivity index (χ2n) is 5.02. The van der Waals surface area contributed by atoms with Gasteiger partial charge in [-0.1, -0.05) is 18.7 Å². The molecule has 0 aliphatic heterocycles. The molecule has 1 aliphatic carbocycles. The number of aromatic nitrogens is 2.